The zero-order valence-electron chi connectivity index (χ0n) is 25.3. The summed E-state index contributed by atoms with van der Waals surface area (Å²) in [4.78, 5) is 68.1. The summed E-state index contributed by atoms with van der Waals surface area (Å²) in [6, 6.07) is 1.81. The van der Waals surface area contributed by atoms with Crippen LogP contribution in [0.25, 0.3) is 12.2 Å². The van der Waals surface area contributed by atoms with Crippen LogP contribution in [-0.4, -0.2) is 81.1 Å². The molecule has 8 atom stereocenters. The monoisotopic (exact) mass is 682 g/mol. The maximum atomic E-state index is 14.0. The van der Waals surface area contributed by atoms with Crippen molar-refractivity contribution < 1.29 is 65.6 Å². The maximum Gasteiger partial charge on any atom is 0.416 e. The number of alkyl halides is 6. The smallest absolute Gasteiger partial charge is 0.416 e. The second kappa shape index (κ2) is 11.3. The summed E-state index contributed by atoms with van der Waals surface area (Å²) in [6.45, 7) is 1.48. The average molecular weight is 683 g/mol. The summed E-state index contributed by atoms with van der Waals surface area (Å²) in [5.74, 6) is -15.8. The van der Waals surface area contributed by atoms with Crippen LogP contribution in [0, 0.1) is 23.7 Å². The summed E-state index contributed by atoms with van der Waals surface area (Å²) >= 11 is 0. The Morgan fingerprint density at radius 1 is 0.938 bits per heavy atom. The average Bonchev–Trinajstić information content (AvgIpc) is 2.97. The molecule has 256 valence electrons. The van der Waals surface area contributed by atoms with Gasteiger partial charge in [0.25, 0.3) is 0 Å². The van der Waals surface area contributed by atoms with Crippen LogP contribution in [0.3, 0.4) is 0 Å². The molecule has 2 aromatic rings. The van der Waals surface area contributed by atoms with Crippen LogP contribution in [0.2, 0.25) is 0 Å². The van der Waals surface area contributed by atoms with Crippen molar-refractivity contribution in [2.75, 3.05) is 14.1 Å². The summed E-state index contributed by atoms with van der Waals surface area (Å²) < 4.78 is 80.0. The minimum atomic E-state index is -5.12. The maximum absolute atomic E-state index is 14.0. The summed E-state index contributed by atoms with van der Waals surface area (Å²) in [5, 5.41) is 34.5. The Bertz CT molecular complexity index is 1770. The predicted molar refractivity (Wildman–Crippen MR) is 153 cm³/mol. The van der Waals surface area contributed by atoms with Crippen LogP contribution in [0.1, 0.15) is 51.0 Å². The van der Waals surface area contributed by atoms with Crippen molar-refractivity contribution in [2.24, 2.45) is 29.4 Å². The largest absolute Gasteiger partial charge is 0.507 e. The van der Waals surface area contributed by atoms with E-state index in [0.717, 1.165) is 12.2 Å². The number of hydrogen-bond acceptors (Lipinski definition) is 9. The van der Waals surface area contributed by atoms with E-state index >= 15 is 0 Å². The lowest BCUT2D eigenvalue weighted by Crippen LogP contribution is -2.77. The third-order valence-corrected chi connectivity index (χ3v) is 9.59. The number of aliphatic hydroxyl groups is 2. The Hall–Kier alpha value is -4.41. The third kappa shape index (κ3) is 5.13. The number of ketones is 4. The number of aromatic hydroxyl groups is 1. The van der Waals surface area contributed by atoms with Crippen molar-refractivity contribution in [2.45, 2.75) is 42.9 Å². The van der Waals surface area contributed by atoms with E-state index in [2.05, 4.69) is 0 Å². The lowest BCUT2D eigenvalue weighted by molar-refractivity contribution is -0.196. The first-order valence-electron chi connectivity index (χ1n) is 14.4. The molecule has 2 fully saturated rings. The number of phenolic OH excluding ortho intramolecular Hbond substituents is 1. The van der Waals surface area contributed by atoms with E-state index in [4.69, 9.17) is 5.73 Å². The molecular weight excluding hydrogens is 654 g/mol. The van der Waals surface area contributed by atoms with Crippen LogP contribution in [0.15, 0.2) is 30.3 Å². The van der Waals surface area contributed by atoms with Gasteiger partial charge in [0.05, 0.1) is 40.7 Å². The van der Waals surface area contributed by atoms with E-state index < -0.39 is 117 Å². The van der Waals surface area contributed by atoms with Crippen molar-refractivity contribution in [3.8, 4) is 5.75 Å². The van der Waals surface area contributed by atoms with Gasteiger partial charge in [0.15, 0.2) is 34.7 Å². The van der Waals surface area contributed by atoms with Crippen molar-refractivity contribution in [1.29, 1.82) is 0 Å². The summed E-state index contributed by atoms with van der Waals surface area (Å²) in [7, 11) is 2.70. The van der Waals surface area contributed by atoms with E-state index in [0.29, 0.717) is 12.1 Å². The highest BCUT2D eigenvalue weighted by Crippen LogP contribution is 2.54. The van der Waals surface area contributed by atoms with Crippen LogP contribution >= 0.6 is 0 Å². The highest BCUT2D eigenvalue weighted by Gasteiger charge is 2.72. The molecule has 2 saturated carbocycles. The molecule has 0 bridgehead atoms. The second-order valence-electron chi connectivity index (χ2n) is 12.5. The fourth-order valence-corrected chi connectivity index (χ4v) is 7.40. The fraction of sp³-hybridized carbons (Fsp3) is 0.406. The number of benzene rings is 2. The molecule has 10 nitrogen and oxygen atoms in total. The van der Waals surface area contributed by atoms with E-state index in [1.807, 2.05) is 0 Å². The van der Waals surface area contributed by atoms with Gasteiger partial charge >= 0.3 is 12.4 Å². The van der Waals surface area contributed by atoms with Crippen LogP contribution in [-0.2, 0) is 31.5 Å². The highest BCUT2D eigenvalue weighted by atomic mass is 19.4. The number of phenols is 1. The lowest BCUT2D eigenvalue weighted by Gasteiger charge is -2.56. The number of Topliss-reactive ketones (excluding diaryl/α,β-unsaturated/α-hetero) is 4. The quantitative estimate of drug-likeness (QED) is 0.215. The second-order valence-corrected chi connectivity index (χ2v) is 12.5. The number of nitrogens with zero attached hydrogens (tertiary/aromatic N) is 1. The van der Waals surface area contributed by atoms with Gasteiger partial charge in [-0.25, -0.2) is 0 Å². The molecule has 5 rings (SSSR count). The molecular formula is C32H28F6N2O8. The van der Waals surface area contributed by atoms with Crippen molar-refractivity contribution >= 4 is 41.2 Å². The standard InChI is InChI=1S/C32H28F6N2O8/c1-11-16-7-6-13(5-4-12-8-14(31(33,34)35)10-15(9-12)32(36,37)38)23(41)18(16)24(42)19-17(11)25(43)21-22(40(2)3)26(44)20(29(39)47)28(46)30(21,48)27(19)45/h4-11,17,19-22,25,41,43,48H,1-3H3,(H2,39,47)/t11-,17+,19?,20?,21+,22-,25-,30-/m0/s1. The van der Waals surface area contributed by atoms with Gasteiger partial charge in [-0.15, -0.1) is 0 Å². The number of halogens is 6. The molecule has 1 amide bonds. The third-order valence-electron chi connectivity index (χ3n) is 9.59. The number of hydrogen-bond donors (Lipinski definition) is 4. The van der Waals surface area contributed by atoms with Crippen LogP contribution in [0.5, 0.6) is 5.75 Å². The van der Waals surface area contributed by atoms with Gasteiger partial charge in [-0.1, -0.05) is 31.2 Å². The number of carbonyl (C=O) groups excluding carboxylic acids is 5. The summed E-state index contributed by atoms with van der Waals surface area (Å²) in [6.07, 6.45) is -10.3. The Kier molecular flexibility index (Phi) is 8.25. The Morgan fingerprint density at radius 2 is 1.50 bits per heavy atom. The highest BCUT2D eigenvalue weighted by molar-refractivity contribution is 6.32. The Morgan fingerprint density at radius 3 is 2.00 bits per heavy atom. The van der Waals surface area contributed by atoms with E-state index in [1.54, 1.807) is 0 Å². The first-order valence-corrected chi connectivity index (χ1v) is 14.4. The van der Waals surface area contributed by atoms with Gasteiger partial charge in [-0.3, -0.25) is 28.9 Å². The molecule has 3 aliphatic carbocycles. The molecule has 16 heteroatoms. The zero-order chi connectivity index (χ0) is 36.0. The molecule has 5 N–H and O–H groups in total. The molecule has 3 aliphatic rings. The molecule has 0 radical (unpaired) electrons. The zero-order valence-corrected chi connectivity index (χ0v) is 25.3. The molecule has 2 aromatic carbocycles. The van der Waals surface area contributed by atoms with Gasteiger partial charge in [0.1, 0.15) is 5.75 Å². The number of carbonyl (C=O) groups is 5. The Balaban J connectivity index is 1.61. The predicted octanol–water partition coefficient (Wildman–Crippen LogP) is 2.61. The normalized spacial score (nSPS) is 30.8. The van der Waals surface area contributed by atoms with E-state index in [-0.39, 0.29) is 17.2 Å². The van der Waals surface area contributed by atoms with Gasteiger partial charge < -0.3 is 21.1 Å². The van der Waals surface area contributed by atoms with E-state index in [9.17, 15) is 65.6 Å². The molecule has 48 heavy (non-hydrogen) atoms. The minimum absolute atomic E-state index is 0.0579. The number of primary amides is 1. The molecule has 0 heterocycles. The van der Waals surface area contributed by atoms with Crippen molar-refractivity contribution in [3.63, 3.8) is 0 Å². The van der Waals surface area contributed by atoms with Gasteiger partial charge in [-0.2, -0.15) is 26.3 Å². The number of rotatable bonds is 4. The van der Waals surface area contributed by atoms with Crippen molar-refractivity contribution in [3.05, 3.63) is 63.7 Å². The molecule has 0 aliphatic heterocycles. The first kappa shape index (κ1) is 34.9. The number of amides is 1. The SMILES string of the molecule is C[C@H]1c2ccc(C=Cc3cc(C(F)(F)F)cc(C(F)(F)F)c3)c(O)c2C(=O)C2C(=O)[C@]3(O)C(=O)C(C(N)=O)C(=O)[C@@H](N(C)C)[C@@H]3[C@@H](O)[C@@H]21. The van der Waals surface area contributed by atoms with Gasteiger partial charge in [-0.05, 0) is 49.3 Å². The lowest BCUT2D eigenvalue weighted by atomic mass is 9.49. The molecule has 0 spiro atoms. The molecule has 0 aromatic heterocycles. The number of nitrogens with two attached hydrogens (primary N) is 1. The van der Waals surface area contributed by atoms with Crippen molar-refractivity contribution in [1.82, 2.24) is 4.90 Å². The fourth-order valence-electron chi connectivity index (χ4n) is 7.40. The molecule has 0 saturated heterocycles. The molecule has 2 unspecified atom stereocenters. The summed E-state index contributed by atoms with van der Waals surface area (Å²) in [5.41, 5.74) is -2.30. The topological polar surface area (TPSA) is 175 Å². The van der Waals surface area contributed by atoms with Crippen LogP contribution in [0.4, 0.5) is 26.3 Å². The Labute approximate surface area is 267 Å². The van der Waals surface area contributed by atoms with E-state index in [1.165, 1.54) is 38.1 Å². The minimum Gasteiger partial charge on any atom is -0.507 e. The number of fused-ring (bicyclic) bond motifs is 3. The van der Waals surface area contributed by atoms with Gasteiger partial charge in [0.2, 0.25) is 5.91 Å². The first-order chi connectivity index (χ1) is 22.0. The van der Waals surface area contributed by atoms with Crippen LogP contribution < -0.4 is 5.73 Å². The number of likely N-dealkylation sites (N-methyl/N-ethyl adjacent to an activating group) is 1. The van der Waals surface area contributed by atoms with Gasteiger partial charge in [0, 0.05) is 11.5 Å². The number of aliphatic hydroxyl groups excluding tert-OH is 1.